The quantitative estimate of drug-likeness (QED) is 0.506. The van der Waals surface area contributed by atoms with Crippen molar-refractivity contribution < 1.29 is 19.2 Å². The van der Waals surface area contributed by atoms with Gasteiger partial charge < -0.3 is 5.32 Å². The number of Topliss-reactive ketones (excluding diaryl/α,β-unsaturated/α-hetero) is 1. The number of likely N-dealkylation sites (tertiary alicyclic amines) is 1. The van der Waals surface area contributed by atoms with Crippen LogP contribution in [0.2, 0.25) is 0 Å². The lowest BCUT2D eigenvalue weighted by Gasteiger charge is -2.28. The molecule has 16 heavy (non-hydrogen) atoms. The van der Waals surface area contributed by atoms with Gasteiger partial charge in [-0.25, -0.2) is 0 Å². The Kier molecular flexibility index (Phi) is 3.76. The van der Waals surface area contributed by atoms with E-state index in [0.29, 0.717) is 6.42 Å². The van der Waals surface area contributed by atoms with Gasteiger partial charge in [0.15, 0.2) is 0 Å². The lowest BCUT2D eigenvalue weighted by molar-refractivity contribution is -0.149. The molecule has 1 unspecified atom stereocenters. The second-order valence-electron chi connectivity index (χ2n) is 3.83. The number of hydrogen-bond acceptors (Lipinski definition) is 4. The summed E-state index contributed by atoms with van der Waals surface area (Å²) in [5.41, 5.74) is 0. The van der Waals surface area contributed by atoms with E-state index >= 15 is 0 Å². The van der Waals surface area contributed by atoms with E-state index in [4.69, 9.17) is 0 Å². The fourth-order valence-corrected chi connectivity index (χ4v) is 1.52. The summed E-state index contributed by atoms with van der Waals surface area (Å²) in [7, 11) is 1.38. The average Bonchev–Trinajstić information content (AvgIpc) is 2.18. The number of carbonyl (C=O) groups is 4. The van der Waals surface area contributed by atoms with Crippen molar-refractivity contribution in [3.63, 3.8) is 0 Å². The minimum atomic E-state index is -0.686. The second-order valence-corrected chi connectivity index (χ2v) is 3.83. The molecule has 3 amide bonds. The van der Waals surface area contributed by atoms with Crippen LogP contribution in [0.4, 0.5) is 0 Å². The molecule has 0 aliphatic carbocycles. The first-order valence-corrected chi connectivity index (χ1v) is 5.01. The van der Waals surface area contributed by atoms with E-state index in [9.17, 15) is 19.2 Å². The van der Waals surface area contributed by atoms with Crippen molar-refractivity contribution in [3.05, 3.63) is 0 Å². The van der Waals surface area contributed by atoms with Crippen molar-refractivity contribution >= 4 is 23.5 Å². The van der Waals surface area contributed by atoms with E-state index < -0.39 is 17.9 Å². The second kappa shape index (κ2) is 4.87. The highest BCUT2D eigenvalue weighted by molar-refractivity contribution is 6.03. The fraction of sp³-hybridized carbons (Fsp3) is 0.600. The standard InChI is InChI=1S/C10H14N2O4/c1-6(13)5-8(14)11-7-3-4-9(15)12(2)10(7)16/h7H,3-5H2,1-2H3,(H,11,14). The van der Waals surface area contributed by atoms with Gasteiger partial charge in [0.25, 0.3) is 5.91 Å². The molecule has 0 bridgehead atoms. The third kappa shape index (κ3) is 2.88. The maximum absolute atomic E-state index is 11.6. The molecule has 1 saturated heterocycles. The van der Waals surface area contributed by atoms with Crippen LogP contribution >= 0.6 is 0 Å². The zero-order chi connectivity index (χ0) is 12.3. The number of nitrogens with one attached hydrogen (secondary N) is 1. The predicted molar refractivity (Wildman–Crippen MR) is 54.2 cm³/mol. The molecule has 1 fully saturated rings. The van der Waals surface area contributed by atoms with E-state index in [1.165, 1.54) is 14.0 Å². The molecular weight excluding hydrogens is 212 g/mol. The molecule has 6 nitrogen and oxygen atoms in total. The maximum atomic E-state index is 11.6. The van der Waals surface area contributed by atoms with Crippen LogP contribution in [0.15, 0.2) is 0 Å². The largest absolute Gasteiger partial charge is 0.344 e. The van der Waals surface area contributed by atoms with Crippen LogP contribution in [-0.2, 0) is 19.2 Å². The van der Waals surface area contributed by atoms with E-state index in [2.05, 4.69) is 5.32 Å². The molecular formula is C10H14N2O4. The lowest BCUT2D eigenvalue weighted by atomic mass is 10.0. The lowest BCUT2D eigenvalue weighted by Crippen LogP contribution is -2.53. The first-order chi connectivity index (χ1) is 7.41. The summed E-state index contributed by atoms with van der Waals surface area (Å²) in [6.45, 7) is 1.30. The van der Waals surface area contributed by atoms with Crippen molar-refractivity contribution in [1.29, 1.82) is 0 Å². The molecule has 1 aliphatic rings. The highest BCUT2D eigenvalue weighted by Crippen LogP contribution is 2.11. The molecule has 1 N–H and O–H groups in total. The van der Waals surface area contributed by atoms with Crippen molar-refractivity contribution in [1.82, 2.24) is 10.2 Å². The van der Waals surface area contributed by atoms with Gasteiger partial charge in [-0.1, -0.05) is 0 Å². The predicted octanol–water partition coefficient (Wildman–Crippen LogP) is -0.771. The topological polar surface area (TPSA) is 83.6 Å². The number of hydrogen-bond donors (Lipinski definition) is 1. The van der Waals surface area contributed by atoms with E-state index in [1.807, 2.05) is 0 Å². The molecule has 0 saturated carbocycles. The number of likely N-dealkylation sites (N-methyl/N-ethyl adjacent to an activating group) is 1. The first-order valence-electron chi connectivity index (χ1n) is 5.01. The zero-order valence-electron chi connectivity index (χ0n) is 9.28. The van der Waals surface area contributed by atoms with Crippen LogP contribution in [0.25, 0.3) is 0 Å². The number of piperidine rings is 1. The highest BCUT2D eigenvalue weighted by Gasteiger charge is 2.32. The summed E-state index contributed by atoms with van der Waals surface area (Å²) in [6, 6.07) is -0.686. The summed E-state index contributed by atoms with van der Waals surface area (Å²) < 4.78 is 0. The average molecular weight is 226 g/mol. The third-order valence-electron chi connectivity index (χ3n) is 2.39. The Balaban J connectivity index is 2.55. The van der Waals surface area contributed by atoms with Gasteiger partial charge in [0.2, 0.25) is 11.8 Å². The number of amides is 3. The summed E-state index contributed by atoms with van der Waals surface area (Å²) >= 11 is 0. The SMILES string of the molecule is CC(=O)CC(=O)NC1CCC(=O)N(C)C1=O. The van der Waals surface area contributed by atoms with Crippen LogP contribution in [0.1, 0.15) is 26.2 Å². The third-order valence-corrected chi connectivity index (χ3v) is 2.39. The molecule has 1 rings (SSSR count). The Hall–Kier alpha value is -1.72. The van der Waals surface area contributed by atoms with Crippen molar-refractivity contribution in [2.24, 2.45) is 0 Å². The number of carbonyl (C=O) groups excluding carboxylic acids is 4. The van der Waals surface area contributed by atoms with Gasteiger partial charge >= 0.3 is 0 Å². The number of rotatable bonds is 3. The molecule has 1 atom stereocenters. The first kappa shape index (κ1) is 12.4. The Labute approximate surface area is 93.0 Å². The fourth-order valence-electron chi connectivity index (χ4n) is 1.52. The molecule has 6 heteroatoms. The molecule has 0 aromatic carbocycles. The van der Waals surface area contributed by atoms with Crippen LogP contribution in [0.3, 0.4) is 0 Å². The Morgan fingerprint density at radius 2 is 2.06 bits per heavy atom. The summed E-state index contributed by atoms with van der Waals surface area (Å²) in [5, 5.41) is 2.45. The minimum Gasteiger partial charge on any atom is -0.344 e. The number of imide groups is 1. The maximum Gasteiger partial charge on any atom is 0.251 e. The van der Waals surface area contributed by atoms with Crippen LogP contribution < -0.4 is 5.32 Å². The van der Waals surface area contributed by atoms with Gasteiger partial charge in [-0.3, -0.25) is 24.1 Å². The van der Waals surface area contributed by atoms with Gasteiger partial charge in [0.05, 0.1) is 6.42 Å². The van der Waals surface area contributed by atoms with Crippen LogP contribution in [0.5, 0.6) is 0 Å². The molecule has 0 spiro atoms. The molecule has 1 heterocycles. The molecule has 0 aromatic heterocycles. The van der Waals surface area contributed by atoms with Crippen LogP contribution in [0, 0.1) is 0 Å². The van der Waals surface area contributed by atoms with Gasteiger partial charge in [-0.05, 0) is 13.3 Å². The number of ketones is 1. The van der Waals surface area contributed by atoms with E-state index in [1.54, 1.807) is 0 Å². The summed E-state index contributed by atoms with van der Waals surface area (Å²) in [5.74, 6) is -1.41. The molecule has 1 aliphatic heterocycles. The monoisotopic (exact) mass is 226 g/mol. The summed E-state index contributed by atoms with van der Waals surface area (Å²) in [6.07, 6.45) is 0.292. The Bertz CT molecular complexity index is 351. The molecule has 0 radical (unpaired) electrons. The van der Waals surface area contributed by atoms with Gasteiger partial charge in [-0.2, -0.15) is 0 Å². The van der Waals surface area contributed by atoms with Crippen LogP contribution in [-0.4, -0.2) is 41.5 Å². The van der Waals surface area contributed by atoms with Gasteiger partial charge in [0.1, 0.15) is 11.8 Å². The highest BCUT2D eigenvalue weighted by atomic mass is 16.2. The Morgan fingerprint density at radius 1 is 1.44 bits per heavy atom. The van der Waals surface area contributed by atoms with Crippen molar-refractivity contribution in [2.75, 3.05) is 7.05 Å². The minimum absolute atomic E-state index is 0.229. The summed E-state index contributed by atoms with van der Waals surface area (Å²) in [4.78, 5) is 45.7. The van der Waals surface area contributed by atoms with Gasteiger partial charge in [-0.15, -0.1) is 0 Å². The van der Waals surface area contributed by atoms with Crippen molar-refractivity contribution in [3.8, 4) is 0 Å². The molecule has 0 aromatic rings. The zero-order valence-corrected chi connectivity index (χ0v) is 9.28. The van der Waals surface area contributed by atoms with E-state index in [-0.39, 0.29) is 24.5 Å². The smallest absolute Gasteiger partial charge is 0.251 e. The number of nitrogens with zero attached hydrogens (tertiary/aromatic N) is 1. The van der Waals surface area contributed by atoms with Crippen molar-refractivity contribution in [2.45, 2.75) is 32.2 Å². The van der Waals surface area contributed by atoms with E-state index in [0.717, 1.165) is 4.90 Å². The Morgan fingerprint density at radius 3 is 2.62 bits per heavy atom. The van der Waals surface area contributed by atoms with Gasteiger partial charge in [0, 0.05) is 13.5 Å². The normalized spacial score (nSPS) is 20.9. The molecule has 88 valence electrons.